The predicted octanol–water partition coefficient (Wildman–Crippen LogP) is 1.39. The number of aliphatic carboxylic acids is 1. The minimum atomic E-state index is -2.54. The number of halogens is 1. The Bertz CT molecular complexity index is 776. The normalized spacial score (nSPS) is 27.1. The number of hydrogen-bond donors (Lipinski definition) is 1. The average Bonchev–Trinajstić information content (AvgIpc) is 3.20. The van der Waals surface area contributed by atoms with Gasteiger partial charge in [-0.1, -0.05) is 23.8 Å². The van der Waals surface area contributed by atoms with Gasteiger partial charge >= 0.3 is 23.8 Å². The van der Waals surface area contributed by atoms with Crippen molar-refractivity contribution in [1.29, 1.82) is 0 Å². The number of nitrogens with zero attached hydrogens (tertiary/aromatic N) is 2. The summed E-state index contributed by atoms with van der Waals surface area (Å²) in [5.74, 6) is -4.64. The van der Waals surface area contributed by atoms with Gasteiger partial charge in [0.2, 0.25) is 0 Å². The fourth-order valence-electron chi connectivity index (χ4n) is 3.32. The van der Waals surface area contributed by atoms with Crippen molar-refractivity contribution >= 4 is 52.8 Å². The highest BCUT2D eigenvalue weighted by atomic mass is 35.5. The molecule has 2 aliphatic rings. The molecular formula is C17H21ClN2O9S. The Morgan fingerprint density at radius 1 is 1.50 bits per heavy atom. The number of carboxylic acid groups (broad SMARTS) is 1. The van der Waals surface area contributed by atoms with Crippen LogP contribution < -0.4 is 0 Å². The Kier molecular flexibility index (Phi) is 7.61. The van der Waals surface area contributed by atoms with Gasteiger partial charge in [0, 0.05) is 11.7 Å². The summed E-state index contributed by atoms with van der Waals surface area (Å²) in [6.07, 6.45) is -1.31. The summed E-state index contributed by atoms with van der Waals surface area (Å²) in [5.41, 5.74) is -1.41. The van der Waals surface area contributed by atoms with E-state index in [0.29, 0.717) is 5.06 Å². The molecule has 11 nitrogen and oxygen atoms in total. The average molecular weight is 465 g/mol. The van der Waals surface area contributed by atoms with E-state index in [-0.39, 0.29) is 18.2 Å². The van der Waals surface area contributed by atoms with Crippen molar-refractivity contribution in [3.05, 3.63) is 11.7 Å². The first kappa shape index (κ1) is 23.8. The van der Waals surface area contributed by atoms with Gasteiger partial charge in [-0.2, -0.15) is 5.06 Å². The van der Waals surface area contributed by atoms with E-state index in [1.807, 2.05) is 0 Å². The number of carbonyl (C=O) groups is 4. The van der Waals surface area contributed by atoms with Crippen molar-refractivity contribution in [3.63, 3.8) is 0 Å². The van der Waals surface area contributed by atoms with Crippen LogP contribution in [0.4, 0.5) is 4.79 Å². The largest absolute Gasteiger partial charge is 0.508 e. The summed E-state index contributed by atoms with van der Waals surface area (Å²) in [6.45, 7) is 4.23. The van der Waals surface area contributed by atoms with E-state index >= 15 is 0 Å². The third kappa shape index (κ3) is 4.35. The number of rotatable bonds is 7. The molecule has 2 aliphatic heterocycles. The number of esters is 1. The van der Waals surface area contributed by atoms with E-state index in [2.05, 4.69) is 4.74 Å². The number of hydrogen-bond acceptors (Lipinski definition) is 9. The highest BCUT2D eigenvalue weighted by Crippen LogP contribution is 2.42. The molecule has 3 unspecified atom stereocenters. The number of cyclic esters (lactones) is 1. The fourth-order valence-corrected chi connectivity index (χ4v) is 3.63. The van der Waals surface area contributed by atoms with Crippen molar-refractivity contribution < 1.29 is 43.3 Å². The maximum Gasteiger partial charge on any atom is 0.508 e. The maximum atomic E-state index is 13.1. The van der Waals surface area contributed by atoms with Gasteiger partial charge in [0.1, 0.15) is 18.8 Å². The molecule has 0 aromatic heterocycles. The number of thiocarbonyl (C=S) groups is 1. The van der Waals surface area contributed by atoms with Crippen LogP contribution in [-0.4, -0.2) is 75.1 Å². The van der Waals surface area contributed by atoms with Crippen LogP contribution in [-0.2, 0) is 33.4 Å². The molecule has 1 amide bonds. The maximum absolute atomic E-state index is 13.1. The molecule has 0 aromatic rings. The van der Waals surface area contributed by atoms with Crippen molar-refractivity contribution in [2.45, 2.75) is 45.1 Å². The second-order valence-electron chi connectivity index (χ2n) is 6.44. The van der Waals surface area contributed by atoms with Crippen molar-refractivity contribution in [2.75, 3.05) is 13.2 Å². The SMILES string of the molecule is CCOC(=O)OC(C)C1CC(=O)OC1(C(=O)O)N1OC[C@H](N(C=CCl)C(C)=S)C1=O. The molecule has 0 aliphatic carbocycles. The van der Waals surface area contributed by atoms with E-state index in [9.17, 15) is 24.3 Å². The number of carboxylic acids is 1. The molecule has 0 spiro atoms. The van der Waals surface area contributed by atoms with Crippen LogP contribution in [0.3, 0.4) is 0 Å². The van der Waals surface area contributed by atoms with Gasteiger partial charge in [-0.25, -0.2) is 9.59 Å². The summed E-state index contributed by atoms with van der Waals surface area (Å²) >= 11 is 10.7. The van der Waals surface area contributed by atoms with Crippen LogP contribution in [0.5, 0.6) is 0 Å². The second-order valence-corrected chi connectivity index (χ2v) is 7.28. The molecular weight excluding hydrogens is 444 g/mol. The molecule has 166 valence electrons. The molecule has 0 radical (unpaired) electrons. The highest BCUT2D eigenvalue weighted by molar-refractivity contribution is 7.80. The standard InChI is InChI=1S/C17H21ClN2O9S/c1-4-26-16(25)28-9(2)11-7-13(21)29-17(11,15(23)24)20-14(22)12(8-27-20)19(6-5-18)10(3)30/h5-6,9,11-12H,4,7-8H2,1-3H3,(H,23,24)/t9?,11?,12-,17?/m0/s1. The number of ether oxygens (including phenoxy) is 3. The van der Waals surface area contributed by atoms with Gasteiger partial charge in [-0.05, 0) is 20.8 Å². The van der Waals surface area contributed by atoms with E-state index in [0.717, 1.165) is 5.54 Å². The lowest BCUT2D eigenvalue weighted by atomic mass is 9.89. The Morgan fingerprint density at radius 3 is 2.70 bits per heavy atom. The number of hydroxylamine groups is 2. The molecule has 0 aromatic carbocycles. The first-order valence-electron chi connectivity index (χ1n) is 8.91. The van der Waals surface area contributed by atoms with E-state index in [1.165, 1.54) is 18.0 Å². The minimum Gasteiger partial charge on any atom is -0.477 e. The van der Waals surface area contributed by atoms with Crippen molar-refractivity contribution in [3.8, 4) is 0 Å². The lowest BCUT2D eigenvalue weighted by molar-refractivity contribution is -0.272. The van der Waals surface area contributed by atoms with E-state index in [4.69, 9.17) is 38.1 Å². The van der Waals surface area contributed by atoms with Gasteiger partial charge in [-0.15, -0.1) is 0 Å². The van der Waals surface area contributed by atoms with Crippen LogP contribution in [0.2, 0.25) is 0 Å². The zero-order chi connectivity index (χ0) is 22.6. The van der Waals surface area contributed by atoms with Gasteiger partial charge in [0.15, 0.2) is 0 Å². The quantitative estimate of drug-likeness (QED) is 0.433. The van der Waals surface area contributed by atoms with Crippen LogP contribution in [0, 0.1) is 5.92 Å². The summed E-state index contributed by atoms with van der Waals surface area (Å²) in [5, 5.41) is 10.5. The van der Waals surface area contributed by atoms with Gasteiger partial charge in [0.05, 0.1) is 23.9 Å². The summed E-state index contributed by atoms with van der Waals surface area (Å²) in [6, 6.07) is -1.03. The molecule has 2 fully saturated rings. The monoisotopic (exact) mass is 464 g/mol. The zero-order valence-corrected chi connectivity index (χ0v) is 18.0. The molecule has 2 saturated heterocycles. The second kappa shape index (κ2) is 9.58. The molecule has 2 rings (SSSR count). The number of amides is 1. The first-order valence-corrected chi connectivity index (χ1v) is 9.75. The van der Waals surface area contributed by atoms with Gasteiger partial charge < -0.3 is 24.2 Å². The Labute approximate surface area is 182 Å². The Morgan fingerprint density at radius 2 is 2.17 bits per heavy atom. The van der Waals surface area contributed by atoms with Crippen LogP contribution in [0.15, 0.2) is 11.7 Å². The number of carbonyl (C=O) groups excluding carboxylic acids is 3. The van der Waals surface area contributed by atoms with Crippen molar-refractivity contribution in [2.24, 2.45) is 5.92 Å². The molecule has 1 N–H and O–H groups in total. The highest BCUT2D eigenvalue weighted by Gasteiger charge is 2.67. The van der Waals surface area contributed by atoms with Crippen molar-refractivity contribution in [1.82, 2.24) is 9.96 Å². The van der Waals surface area contributed by atoms with E-state index in [1.54, 1.807) is 13.8 Å². The van der Waals surface area contributed by atoms with E-state index < -0.39 is 54.2 Å². The summed E-state index contributed by atoms with van der Waals surface area (Å²) in [7, 11) is 0. The first-order chi connectivity index (χ1) is 14.1. The third-order valence-corrected chi connectivity index (χ3v) is 4.96. The lowest BCUT2D eigenvalue weighted by Crippen LogP contribution is -2.62. The molecule has 2 heterocycles. The lowest BCUT2D eigenvalue weighted by Gasteiger charge is -2.37. The molecule has 0 bridgehead atoms. The van der Waals surface area contributed by atoms with Gasteiger partial charge in [-0.3, -0.25) is 14.4 Å². The summed E-state index contributed by atoms with van der Waals surface area (Å²) < 4.78 is 14.9. The molecule has 4 atom stereocenters. The predicted molar refractivity (Wildman–Crippen MR) is 104 cm³/mol. The zero-order valence-electron chi connectivity index (χ0n) is 16.4. The topological polar surface area (TPSA) is 132 Å². The van der Waals surface area contributed by atoms with Crippen LogP contribution >= 0.6 is 23.8 Å². The third-order valence-electron chi connectivity index (χ3n) is 4.64. The molecule has 0 saturated carbocycles. The molecule has 30 heavy (non-hydrogen) atoms. The van der Waals surface area contributed by atoms with Crippen LogP contribution in [0.25, 0.3) is 0 Å². The smallest absolute Gasteiger partial charge is 0.477 e. The molecule has 13 heteroatoms. The fraction of sp³-hybridized carbons (Fsp3) is 0.588. The minimum absolute atomic E-state index is 0.0337. The summed E-state index contributed by atoms with van der Waals surface area (Å²) in [4.78, 5) is 56.0. The Hall–Kier alpha value is -2.44. The Balaban J connectivity index is 2.39. The van der Waals surface area contributed by atoms with Crippen LogP contribution in [0.1, 0.15) is 27.2 Å². The van der Waals surface area contributed by atoms with Gasteiger partial charge in [0.25, 0.3) is 5.91 Å².